The first-order valence-corrected chi connectivity index (χ1v) is 13.0. The molecule has 1 aliphatic heterocycles. The Morgan fingerprint density at radius 3 is 2.83 bits per heavy atom. The Kier molecular flexibility index (Phi) is 9.54. The summed E-state index contributed by atoms with van der Waals surface area (Å²) in [5.41, 5.74) is 1.98. The zero-order valence-corrected chi connectivity index (χ0v) is 21.8. The predicted molar refractivity (Wildman–Crippen MR) is 139 cm³/mol. The molecular formula is C26H30ClN3O5S. The summed E-state index contributed by atoms with van der Waals surface area (Å²) >= 11 is 7.77. The Labute approximate surface area is 220 Å². The molecule has 0 spiro atoms. The Hall–Kier alpha value is -2.69. The zero-order chi connectivity index (χ0) is 25.3. The molecule has 36 heavy (non-hydrogen) atoms. The first kappa shape index (κ1) is 26.4. The predicted octanol–water partition coefficient (Wildman–Crippen LogP) is 3.85. The van der Waals surface area contributed by atoms with Crippen LogP contribution < -0.4 is 9.47 Å². The van der Waals surface area contributed by atoms with Crippen molar-refractivity contribution in [1.29, 1.82) is 0 Å². The third-order valence-electron chi connectivity index (χ3n) is 5.89. The van der Waals surface area contributed by atoms with E-state index >= 15 is 0 Å². The van der Waals surface area contributed by atoms with Crippen LogP contribution in [0.15, 0.2) is 47.8 Å². The summed E-state index contributed by atoms with van der Waals surface area (Å²) in [6.45, 7) is 4.84. The Bertz CT molecular complexity index is 1150. The number of hydrogen-bond acceptors (Lipinski definition) is 8. The number of carbonyl (C=O) groups is 1. The third-order valence-corrected chi connectivity index (χ3v) is 7.00. The van der Waals surface area contributed by atoms with Crippen LogP contribution in [0.1, 0.15) is 26.6 Å². The van der Waals surface area contributed by atoms with Crippen LogP contribution in [-0.2, 0) is 24.5 Å². The molecule has 0 aliphatic carbocycles. The maximum absolute atomic E-state index is 13.6. The molecule has 1 aliphatic rings. The van der Waals surface area contributed by atoms with Crippen LogP contribution in [0.4, 0.5) is 0 Å². The highest BCUT2D eigenvalue weighted by Gasteiger charge is 2.21. The van der Waals surface area contributed by atoms with Gasteiger partial charge in [0.05, 0.1) is 32.6 Å². The number of hydrogen-bond donors (Lipinski definition) is 1. The molecule has 1 amide bonds. The molecule has 0 bridgehead atoms. The number of aromatic nitrogens is 1. The number of aliphatic hydroxyl groups excluding tert-OH is 1. The van der Waals surface area contributed by atoms with Crippen molar-refractivity contribution in [1.82, 2.24) is 14.8 Å². The molecule has 0 saturated carbocycles. The molecule has 2 aromatic carbocycles. The summed E-state index contributed by atoms with van der Waals surface area (Å²) in [6.07, 6.45) is 0. The third kappa shape index (κ3) is 7.18. The van der Waals surface area contributed by atoms with Crippen LogP contribution in [-0.4, -0.2) is 72.3 Å². The van der Waals surface area contributed by atoms with Crippen molar-refractivity contribution in [3.63, 3.8) is 0 Å². The van der Waals surface area contributed by atoms with Gasteiger partial charge in [-0.25, -0.2) is 4.98 Å². The molecule has 4 rings (SSSR count). The molecule has 1 aromatic heterocycles. The average molecular weight is 532 g/mol. The molecule has 1 fully saturated rings. The normalized spacial score (nSPS) is 14.0. The molecule has 8 nitrogen and oxygen atoms in total. The van der Waals surface area contributed by atoms with Crippen molar-refractivity contribution in [3.8, 4) is 11.5 Å². The second-order valence-electron chi connectivity index (χ2n) is 8.34. The summed E-state index contributed by atoms with van der Waals surface area (Å²) in [5.74, 6) is 1.17. The van der Waals surface area contributed by atoms with E-state index in [1.54, 1.807) is 25.3 Å². The fourth-order valence-electron chi connectivity index (χ4n) is 3.92. The van der Waals surface area contributed by atoms with E-state index in [0.717, 1.165) is 30.2 Å². The number of thiazole rings is 1. The van der Waals surface area contributed by atoms with Crippen molar-refractivity contribution in [3.05, 3.63) is 74.7 Å². The van der Waals surface area contributed by atoms with Crippen LogP contribution in [0.3, 0.4) is 0 Å². The van der Waals surface area contributed by atoms with Gasteiger partial charge in [-0.3, -0.25) is 9.69 Å². The molecule has 0 unspecified atom stereocenters. The minimum atomic E-state index is -0.104. The Morgan fingerprint density at radius 2 is 2.08 bits per heavy atom. The van der Waals surface area contributed by atoms with Gasteiger partial charge in [-0.05, 0) is 36.4 Å². The van der Waals surface area contributed by atoms with E-state index in [2.05, 4.69) is 9.88 Å². The first-order valence-electron chi connectivity index (χ1n) is 11.7. The van der Waals surface area contributed by atoms with Gasteiger partial charge in [0, 0.05) is 54.3 Å². The summed E-state index contributed by atoms with van der Waals surface area (Å²) < 4.78 is 16.9. The number of ether oxygens (including phenoxy) is 3. The molecule has 1 N–H and O–H groups in total. The molecule has 0 atom stereocenters. The molecule has 0 radical (unpaired) electrons. The maximum atomic E-state index is 13.6. The molecule has 1 saturated heterocycles. The van der Waals surface area contributed by atoms with Crippen molar-refractivity contribution in [2.45, 2.75) is 19.8 Å². The SMILES string of the molecule is COc1cccc(C(=O)N(CCN2CCOCC2)Cc2cc(Cl)ccc2OCc2nc(CO)cs2)c1. The number of benzene rings is 2. The van der Waals surface area contributed by atoms with Gasteiger partial charge in [0.2, 0.25) is 0 Å². The van der Waals surface area contributed by atoms with E-state index < -0.39 is 0 Å². The summed E-state index contributed by atoms with van der Waals surface area (Å²) in [6, 6.07) is 12.6. The number of rotatable bonds is 11. The first-order chi connectivity index (χ1) is 17.6. The summed E-state index contributed by atoms with van der Waals surface area (Å²) in [5, 5.41) is 12.4. The van der Waals surface area contributed by atoms with Crippen molar-refractivity contribution >= 4 is 28.8 Å². The smallest absolute Gasteiger partial charge is 0.254 e. The van der Waals surface area contributed by atoms with E-state index in [0.29, 0.717) is 54.1 Å². The lowest BCUT2D eigenvalue weighted by atomic mass is 10.1. The number of aliphatic hydroxyl groups is 1. The van der Waals surface area contributed by atoms with Crippen molar-refractivity contribution in [2.24, 2.45) is 0 Å². The van der Waals surface area contributed by atoms with Gasteiger partial charge in [0.25, 0.3) is 5.91 Å². The van der Waals surface area contributed by atoms with E-state index in [-0.39, 0.29) is 19.1 Å². The molecule has 2 heterocycles. The Morgan fingerprint density at radius 1 is 1.25 bits per heavy atom. The van der Waals surface area contributed by atoms with Crippen molar-refractivity contribution < 1.29 is 24.1 Å². The van der Waals surface area contributed by atoms with Gasteiger partial charge in [-0.15, -0.1) is 11.3 Å². The van der Waals surface area contributed by atoms with Crippen LogP contribution in [0.5, 0.6) is 11.5 Å². The van der Waals surface area contributed by atoms with Gasteiger partial charge in [0.1, 0.15) is 23.1 Å². The number of amides is 1. The topological polar surface area (TPSA) is 84.4 Å². The zero-order valence-electron chi connectivity index (χ0n) is 20.2. The van der Waals surface area contributed by atoms with Crippen LogP contribution in [0, 0.1) is 0 Å². The average Bonchev–Trinajstić information content (AvgIpc) is 3.39. The molecule has 3 aromatic rings. The Balaban J connectivity index is 1.54. The van der Waals surface area contributed by atoms with Gasteiger partial charge in [0.15, 0.2) is 0 Å². The minimum absolute atomic E-state index is 0.0967. The van der Waals surface area contributed by atoms with Crippen LogP contribution in [0.25, 0.3) is 0 Å². The monoisotopic (exact) mass is 531 g/mol. The maximum Gasteiger partial charge on any atom is 0.254 e. The van der Waals surface area contributed by atoms with Gasteiger partial charge in [-0.1, -0.05) is 17.7 Å². The van der Waals surface area contributed by atoms with E-state index in [4.69, 9.17) is 25.8 Å². The van der Waals surface area contributed by atoms with E-state index in [1.807, 2.05) is 34.5 Å². The molecule has 10 heteroatoms. The summed E-state index contributed by atoms with van der Waals surface area (Å²) in [7, 11) is 1.58. The number of halogens is 1. The van der Waals surface area contributed by atoms with Crippen LogP contribution >= 0.6 is 22.9 Å². The van der Waals surface area contributed by atoms with Gasteiger partial charge >= 0.3 is 0 Å². The molecular weight excluding hydrogens is 502 g/mol. The van der Waals surface area contributed by atoms with Crippen LogP contribution in [0.2, 0.25) is 5.02 Å². The minimum Gasteiger partial charge on any atom is -0.497 e. The summed E-state index contributed by atoms with van der Waals surface area (Å²) in [4.78, 5) is 22.1. The largest absolute Gasteiger partial charge is 0.497 e. The standard InChI is InChI=1S/C26H30ClN3O5S/c1-33-23-4-2-3-19(14-23)26(32)30(8-7-29-9-11-34-12-10-29)15-20-13-21(27)5-6-24(20)35-17-25-28-22(16-31)18-36-25/h2-6,13-14,18,31H,7-12,15-17H2,1H3. The van der Waals surface area contributed by atoms with Gasteiger partial charge in [-0.2, -0.15) is 0 Å². The van der Waals surface area contributed by atoms with E-state index in [9.17, 15) is 9.90 Å². The molecule has 192 valence electrons. The number of nitrogens with zero attached hydrogens (tertiary/aromatic N) is 3. The van der Waals surface area contributed by atoms with Gasteiger partial charge < -0.3 is 24.2 Å². The highest BCUT2D eigenvalue weighted by Crippen LogP contribution is 2.27. The lowest BCUT2D eigenvalue weighted by Gasteiger charge is -2.30. The van der Waals surface area contributed by atoms with Crippen molar-refractivity contribution in [2.75, 3.05) is 46.5 Å². The fourth-order valence-corrected chi connectivity index (χ4v) is 4.81. The second kappa shape index (κ2) is 13.0. The number of morpholine rings is 1. The second-order valence-corrected chi connectivity index (χ2v) is 9.72. The fraction of sp³-hybridized carbons (Fsp3) is 0.385. The van der Waals surface area contributed by atoms with E-state index in [1.165, 1.54) is 11.3 Å². The quantitative estimate of drug-likeness (QED) is 0.402. The number of methoxy groups -OCH3 is 1. The number of carbonyl (C=O) groups excluding carboxylic acids is 1. The lowest BCUT2D eigenvalue weighted by molar-refractivity contribution is 0.0320. The highest BCUT2D eigenvalue weighted by molar-refractivity contribution is 7.09. The lowest BCUT2D eigenvalue weighted by Crippen LogP contribution is -2.43. The highest BCUT2D eigenvalue weighted by atomic mass is 35.5.